The Labute approximate surface area is 175 Å². The Morgan fingerprint density at radius 1 is 1.14 bits per heavy atom. The van der Waals surface area contributed by atoms with Crippen LogP contribution in [0.25, 0.3) is 0 Å². The number of hydrogen-bond donors (Lipinski definition) is 2. The molecule has 28 heavy (non-hydrogen) atoms. The molecular formula is C20H25ClN6S. The van der Waals surface area contributed by atoms with Gasteiger partial charge in [0.15, 0.2) is 10.9 Å². The maximum atomic E-state index is 6.17. The molecule has 0 spiro atoms. The van der Waals surface area contributed by atoms with Crippen LogP contribution in [0.4, 0.5) is 5.82 Å². The van der Waals surface area contributed by atoms with Crippen molar-refractivity contribution in [3.05, 3.63) is 64.1 Å². The molecule has 3 rings (SSSR count). The lowest BCUT2D eigenvalue weighted by molar-refractivity contribution is 0.558. The van der Waals surface area contributed by atoms with E-state index in [9.17, 15) is 0 Å². The Bertz CT molecular complexity index is 962. The number of halogens is 1. The van der Waals surface area contributed by atoms with Gasteiger partial charge in [0, 0.05) is 25.4 Å². The summed E-state index contributed by atoms with van der Waals surface area (Å²) in [5.74, 6) is 0.733. The standard InChI is InChI=1S/C20H25ClN6S/c1-14-7-4-5-8-17(14)13-26-12-9-18(25-26)23-20(28)22-10-6-11-27-16(3)19(21)15(2)24-27/h4-5,7-9,12H,6,10-11,13H2,1-3H3,(H2,22,23,25,28). The average Bonchev–Trinajstić information content (AvgIpc) is 3.20. The molecule has 6 nitrogen and oxygen atoms in total. The molecule has 2 heterocycles. The lowest BCUT2D eigenvalue weighted by atomic mass is 10.1. The van der Waals surface area contributed by atoms with E-state index in [2.05, 4.69) is 39.9 Å². The van der Waals surface area contributed by atoms with Gasteiger partial charge in [-0.05, 0) is 50.5 Å². The van der Waals surface area contributed by atoms with E-state index in [4.69, 9.17) is 23.8 Å². The van der Waals surface area contributed by atoms with E-state index >= 15 is 0 Å². The first-order chi connectivity index (χ1) is 13.4. The van der Waals surface area contributed by atoms with Gasteiger partial charge in [-0.25, -0.2) is 0 Å². The maximum absolute atomic E-state index is 6.17. The van der Waals surface area contributed by atoms with Gasteiger partial charge >= 0.3 is 0 Å². The highest BCUT2D eigenvalue weighted by Gasteiger charge is 2.08. The van der Waals surface area contributed by atoms with Crippen molar-refractivity contribution in [2.45, 2.75) is 40.3 Å². The first-order valence-corrected chi connectivity index (χ1v) is 10.0. The average molecular weight is 417 g/mol. The second kappa shape index (κ2) is 9.21. The fraction of sp³-hybridized carbons (Fsp3) is 0.350. The number of nitrogens with one attached hydrogen (secondary N) is 2. The highest BCUT2D eigenvalue weighted by Crippen LogP contribution is 2.18. The van der Waals surface area contributed by atoms with Crippen LogP contribution in [0.3, 0.4) is 0 Å². The van der Waals surface area contributed by atoms with Crippen LogP contribution in [-0.2, 0) is 13.1 Å². The summed E-state index contributed by atoms with van der Waals surface area (Å²) in [7, 11) is 0. The molecule has 0 atom stereocenters. The van der Waals surface area contributed by atoms with Crippen molar-refractivity contribution in [3.8, 4) is 0 Å². The fourth-order valence-corrected chi connectivity index (χ4v) is 3.30. The predicted octanol–water partition coefficient (Wildman–Crippen LogP) is 4.08. The second-order valence-corrected chi connectivity index (χ2v) is 7.55. The minimum Gasteiger partial charge on any atom is -0.362 e. The van der Waals surface area contributed by atoms with Crippen molar-refractivity contribution in [2.24, 2.45) is 0 Å². The van der Waals surface area contributed by atoms with Gasteiger partial charge in [-0.15, -0.1) is 0 Å². The van der Waals surface area contributed by atoms with Crippen LogP contribution in [0, 0.1) is 20.8 Å². The smallest absolute Gasteiger partial charge is 0.171 e. The van der Waals surface area contributed by atoms with Crippen LogP contribution in [0.2, 0.25) is 5.02 Å². The van der Waals surface area contributed by atoms with Gasteiger partial charge in [0.25, 0.3) is 0 Å². The molecule has 0 amide bonds. The van der Waals surface area contributed by atoms with Gasteiger partial charge in [0.1, 0.15) is 0 Å². The highest BCUT2D eigenvalue weighted by atomic mass is 35.5. The Hall–Kier alpha value is -2.38. The number of anilines is 1. The zero-order chi connectivity index (χ0) is 20.1. The van der Waals surface area contributed by atoms with E-state index < -0.39 is 0 Å². The molecule has 0 saturated heterocycles. The van der Waals surface area contributed by atoms with Crippen LogP contribution < -0.4 is 10.6 Å². The van der Waals surface area contributed by atoms with Crippen LogP contribution in [0.1, 0.15) is 28.9 Å². The molecule has 0 aliphatic heterocycles. The largest absolute Gasteiger partial charge is 0.362 e. The molecule has 0 bridgehead atoms. The van der Waals surface area contributed by atoms with Crippen molar-refractivity contribution >= 4 is 34.7 Å². The molecule has 0 saturated carbocycles. The fourth-order valence-electron chi connectivity index (χ4n) is 2.96. The molecule has 0 aliphatic rings. The van der Waals surface area contributed by atoms with E-state index in [1.54, 1.807) is 0 Å². The van der Waals surface area contributed by atoms with E-state index in [1.165, 1.54) is 11.1 Å². The molecular weight excluding hydrogens is 392 g/mol. The number of rotatable bonds is 7. The van der Waals surface area contributed by atoms with Crippen LogP contribution in [-0.4, -0.2) is 31.2 Å². The number of hydrogen-bond acceptors (Lipinski definition) is 3. The highest BCUT2D eigenvalue weighted by molar-refractivity contribution is 7.80. The van der Waals surface area contributed by atoms with E-state index in [-0.39, 0.29) is 0 Å². The van der Waals surface area contributed by atoms with Gasteiger partial charge in [0.05, 0.1) is 23.0 Å². The SMILES string of the molecule is Cc1ccccc1Cn1ccc(NC(=S)NCCCn2nc(C)c(Cl)c2C)n1. The summed E-state index contributed by atoms with van der Waals surface area (Å²) in [6.07, 6.45) is 2.84. The number of nitrogens with zero attached hydrogens (tertiary/aromatic N) is 4. The van der Waals surface area contributed by atoms with Crippen LogP contribution in [0.15, 0.2) is 36.5 Å². The monoisotopic (exact) mass is 416 g/mol. The number of benzene rings is 1. The molecule has 0 aliphatic carbocycles. The topological polar surface area (TPSA) is 59.7 Å². The lowest BCUT2D eigenvalue weighted by Crippen LogP contribution is -2.30. The molecule has 0 radical (unpaired) electrons. The summed E-state index contributed by atoms with van der Waals surface area (Å²) >= 11 is 11.5. The molecule has 148 valence electrons. The minimum absolute atomic E-state index is 0.563. The summed E-state index contributed by atoms with van der Waals surface area (Å²) < 4.78 is 3.84. The lowest BCUT2D eigenvalue weighted by Gasteiger charge is -2.09. The third kappa shape index (κ3) is 5.11. The summed E-state index contributed by atoms with van der Waals surface area (Å²) in [6.45, 7) is 8.28. The second-order valence-electron chi connectivity index (χ2n) is 6.77. The third-order valence-electron chi connectivity index (χ3n) is 4.60. The number of thiocarbonyl (C=S) groups is 1. The Morgan fingerprint density at radius 3 is 2.64 bits per heavy atom. The van der Waals surface area contributed by atoms with Gasteiger partial charge in [-0.3, -0.25) is 9.36 Å². The molecule has 2 aromatic heterocycles. The predicted molar refractivity (Wildman–Crippen MR) is 118 cm³/mol. The Kier molecular flexibility index (Phi) is 6.70. The first-order valence-electron chi connectivity index (χ1n) is 9.26. The first kappa shape index (κ1) is 20.4. The quantitative estimate of drug-likeness (QED) is 0.449. The Morgan fingerprint density at radius 2 is 1.93 bits per heavy atom. The van der Waals surface area contributed by atoms with Gasteiger partial charge in [-0.2, -0.15) is 10.2 Å². The third-order valence-corrected chi connectivity index (χ3v) is 5.39. The number of aromatic nitrogens is 4. The molecule has 0 fully saturated rings. The van der Waals surface area contributed by atoms with Crippen molar-refractivity contribution in [2.75, 3.05) is 11.9 Å². The number of aryl methyl sites for hydroxylation is 3. The van der Waals surface area contributed by atoms with Gasteiger partial charge < -0.3 is 10.6 Å². The van der Waals surface area contributed by atoms with Crippen molar-refractivity contribution < 1.29 is 0 Å². The van der Waals surface area contributed by atoms with Crippen LogP contribution in [0.5, 0.6) is 0 Å². The summed E-state index contributed by atoms with van der Waals surface area (Å²) in [6, 6.07) is 10.2. The van der Waals surface area contributed by atoms with Crippen molar-refractivity contribution in [1.29, 1.82) is 0 Å². The zero-order valence-corrected chi connectivity index (χ0v) is 17.9. The maximum Gasteiger partial charge on any atom is 0.171 e. The van der Waals surface area contributed by atoms with Crippen molar-refractivity contribution in [1.82, 2.24) is 24.9 Å². The summed E-state index contributed by atoms with van der Waals surface area (Å²) in [5.41, 5.74) is 4.38. The molecule has 0 unspecified atom stereocenters. The zero-order valence-electron chi connectivity index (χ0n) is 16.4. The Balaban J connectivity index is 1.43. The molecule has 8 heteroatoms. The van der Waals surface area contributed by atoms with E-state index in [0.717, 1.165) is 48.3 Å². The van der Waals surface area contributed by atoms with Crippen molar-refractivity contribution in [3.63, 3.8) is 0 Å². The van der Waals surface area contributed by atoms with E-state index in [0.29, 0.717) is 5.11 Å². The van der Waals surface area contributed by atoms with Gasteiger partial charge in [0.2, 0.25) is 0 Å². The summed E-state index contributed by atoms with van der Waals surface area (Å²) in [4.78, 5) is 0. The minimum atomic E-state index is 0.563. The van der Waals surface area contributed by atoms with E-state index in [1.807, 2.05) is 47.6 Å². The summed E-state index contributed by atoms with van der Waals surface area (Å²) in [5, 5.41) is 16.6. The van der Waals surface area contributed by atoms with Gasteiger partial charge in [-0.1, -0.05) is 35.9 Å². The normalized spacial score (nSPS) is 10.9. The van der Waals surface area contributed by atoms with Crippen LogP contribution >= 0.6 is 23.8 Å². The molecule has 1 aromatic carbocycles. The molecule has 3 aromatic rings. The molecule has 2 N–H and O–H groups in total.